The molecule has 4 rings (SSSR count). The minimum Gasteiger partial charge on any atom is -0.349 e. The number of carbonyl (C=O) groups is 1. The average molecular weight is 495 g/mol. The summed E-state index contributed by atoms with van der Waals surface area (Å²) in [5.41, 5.74) is 4.26. The van der Waals surface area contributed by atoms with Gasteiger partial charge in [-0.1, -0.05) is 47.5 Å². The maximum atomic E-state index is 13.1. The van der Waals surface area contributed by atoms with Crippen LogP contribution in [0.25, 0.3) is 0 Å². The van der Waals surface area contributed by atoms with E-state index >= 15 is 0 Å². The first-order chi connectivity index (χ1) is 15.2. The zero-order valence-corrected chi connectivity index (χ0v) is 20.4. The first-order valence-electron chi connectivity index (χ1n) is 11.1. The van der Waals surface area contributed by atoms with Crippen LogP contribution in [0.4, 0.5) is 0 Å². The zero-order valence-electron chi connectivity index (χ0n) is 18.1. The first-order valence-corrected chi connectivity index (χ1v) is 13.4. The van der Waals surface area contributed by atoms with Crippen molar-refractivity contribution in [2.75, 3.05) is 13.1 Å². The van der Waals surface area contributed by atoms with Crippen molar-refractivity contribution in [1.29, 1.82) is 0 Å². The molecule has 1 fully saturated rings. The Morgan fingerprint density at radius 2 is 1.84 bits per heavy atom. The molecular weight excluding hydrogens is 467 g/mol. The van der Waals surface area contributed by atoms with Crippen LogP contribution in [0.15, 0.2) is 36.4 Å². The van der Waals surface area contributed by atoms with E-state index in [9.17, 15) is 13.2 Å². The van der Waals surface area contributed by atoms with E-state index in [2.05, 4.69) is 23.5 Å². The van der Waals surface area contributed by atoms with Crippen LogP contribution in [0.3, 0.4) is 0 Å². The smallest absolute Gasteiger partial charge is 0.224 e. The fourth-order valence-corrected chi connectivity index (χ4v) is 6.99. The minimum atomic E-state index is -3.65. The molecule has 32 heavy (non-hydrogen) atoms. The van der Waals surface area contributed by atoms with Crippen LogP contribution in [0.1, 0.15) is 54.5 Å². The lowest BCUT2D eigenvalue weighted by molar-refractivity contribution is -0.126. The van der Waals surface area contributed by atoms with Gasteiger partial charge in [0, 0.05) is 28.7 Å². The molecule has 0 unspecified atom stereocenters. The van der Waals surface area contributed by atoms with Crippen LogP contribution in [-0.4, -0.2) is 31.7 Å². The highest BCUT2D eigenvalue weighted by molar-refractivity contribution is 7.88. The molecule has 2 aromatic rings. The molecule has 0 spiro atoms. The zero-order chi connectivity index (χ0) is 22.9. The van der Waals surface area contributed by atoms with Gasteiger partial charge in [0.2, 0.25) is 15.9 Å². The topological polar surface area (TPSA) is 66.5 Å². The monoisotopic (exact) mass is 494 g/mol. The molecule has 0 radical (unpaired) electrons. The number of fused-ring (bicyclic) bond motifs is 1. The predicted molar refractivity (Wildman–Crippen MR) is 128 cm³/mol. The summed E-state index contributed by atoms with van der Waals surface area (Å²) in [6.45, 7) is 2.55. The second-order valence-corrected chi connectivity index (χ2v) is 11.5. The summed E-state index contributed by atoms with van der Waals surface area (Å²) >= 11 is 12.3. The number of hydrogen-bond donors (Lipinski definition) is 1. The average Bonchev–Trinajstić information content (AvgIpc) is 3.24. The molecule has 1 N–H and O–H groups in total. The van der Waals surface area contributed by atoms with Crippen molar-refractivity contribution >= 4 is 39.1 Å². The van der Waals surface area contributed by atoms with Crippen LogP contribution in [-0.2, 0) is 33.4 Å². The number of nitrogens with zero attached hydrogens (tertiary/aromatic N) is 1. The lowest BCUT2D eigenvalue weighted by Gasteiger charge is -2.32. The number of halogens is 2. The molecule has 0 bridgehead atoms. The van der Waals surface area contributed by atoms with Gasteiger partial charge in [-0.15, -0.1) is 0 Å². The molecule has 172 valence electrons. The molecule has 1 saturated heterocycles. The first kappa shape index (κ1) is 23.6. The van der Waals surface area contributed by atoms with Crippen molar-refractivity contribution in [1.82, 2.24) is 9.62 Å². The second kappa shape index (κ2) is 9.72. The van der Waals surface area contributed by atoms with E-state index in [1.165, 1.54) is 21.9 Å². The number of rotatable bonds is 6. The molecule has 8 heteroatoms. The molecule has 5 nitrogen and oxygen atoms in total. The Kier molecular flexibility index (Phi) is 7.15. The van der Waals surface area contributed by atoms with Crippen molar-refractivity contribution in [2.45, 2.75) is 50.8 Å². The summed E-state index contributed by atoms with van der Waals surface area (Å²) in [5, 5.41) is 3.75. The third-order valence-electron chi connectivity index (χ3n) is 6.52. The molecule has 1 amide bonds. The van der Waals surface area contributed by atoms with E-state index in [1.807, 2.05) is 6.92 Å². The van der Waals surface area contributed by atoms with E-state index in [0.29, 0.717) is 35.0 Å². The Labute approximate surface area is 200 Å². The standard InChI is InChI=1S/C24H28Cl2N2O3S/c1-16(18-11-10-17-5-2-6-19(17)13-18)27-24(29)20-7-4-12-28(14-20)32(30,31)15-21-22(25)8-3-9-23(21)26/h3,8-11,13,16,20H,2,4-7,12,14-15H2,1H3,(H,27,29)/t16-,20-/m1/s1. The Hall–Kier alpha value is -1.60. The van der Waals surface area contributed by atoms with Crippen molar-refractivity contribution in [3.63, 3.8) is 0 Å². The van der Waals surface area contributed by atoms with Gasteiger partial charge in [0.25, 0.3) is 0 Å². The number of nitrogens with one attached hydrogen (secondary N) is 1. The van der Waals surface area contributed by atoms with Crippen LogP contribution >= 0.6 is 23.2 Å². The molecule has 2 aliphatic rings. The Morgan fingerprint density at radius 1 is 1.12 bits per heavy atom. The summed E-state index contributed by atoms with van der Waals surface area (Å²) < 4.78 is 27.5. The van der Waals surface area contributed by atoms with E-state index < -0.39 is 10.0 Å². The van der Waals surface area contributed by atoms with Crippen molar-refractivity contribution in [3.05, 3.63) is 68.7 Å². The number of carbonyl (C=O) groups excluding carboxylic acids is 1. The van der Waals surface area contributed by atoms with Gasteiger partial charge in [0.15, 0.2) is 0 Å². The van der Waals surface area contributed by atoms with Crippen LogP contribution in [0.5, 0.6) is 0 Å². The number of sulfonamides is 1. The summed E-state index contributed by atoms with van der Waals surface area (Å²) in [6.07, 6.45) is 4.71. The fourth-order valence-electron chi connectivity index (χ4n) is 4.63. The molecule has 1 aliphatic heterocycles. The fraction of sp³-hybridized carbons (Fsp3) is 0.458. The highest BCUT2D eigenvalue weighted by Gasteiger charge is 2.33. The molecule has 0 saturated carbocycles. The summed E-state index contributed by atoms with van der Waals surface area (Å²) in [5.74, 6) is -0.753. The molecule has 1 aliphatic carbocycles. The molecule has 0 aromatic heterocycles. The predicted octanol–water partition coefficient (Wildman–Crippen LogP) is 4.90. The van der Waals surface area contributed by atoms with E-state index in [1.54, 1.807) is 18.2 Å². The lowest BCUT2D eigenvalue weighted by Crippen LogP contribution is -2.46. The number of hydrogen-bond acceptors (Lipinski definition) is 3. The Balaban J connectivity index is 1.41. The summed E-state index contributed by atoms with van der Waals surface area (Å²) in [6, 6.07) is 11.3. The normalized spacial score (nSPS) is 20.0. The minimum absolute atomic E-state index is 0.103. The van der Waals surface area contributed by atoms with Gasteiger partial charge in [-0.2, -0.15) is 0 Å². The maximum absolute atomic E-state index is 13.1. The third kappa shape index (κ3) is 5.14. The number of piperidine rings is 1. The Bertz CT molecular complexity index is 1100. The van der Waals surface area contributed by atoms with Gasteiger partial charge in [0.05, 0.1) is 17.7 Å². The van der Waals surface area contributed by atoms with Crippen LogP contribution in [0, 0.1) is 5.92 Å². The summed E-state index contributed by atoms with van der Waals surface area (Å²) in [4.78, 5) is 13.0. The van der Waals surface area contributed by atoms with Gasteiger partial charge in [-0.05, 0) is 67.9 Å². The number of benzene rings is 2. The largest absolute Gasteiger partial charge is 0.349 e. The van der Waals surface area contributed by atoms with Crippen LogP contribution < -0.4 is 5.32 Å². The van der Waals surface area contributed by atoms with Gasteiger partial charge in [-0.3, -0.25) is 4.79 Å². The van der Waals surface area contributed by atoms with Crippen molar-refractivity contribution in [2.24, 2.45) is 5.92 Å². The highest BCUT2D eigenvalue weighted by Crippen LogP contribution is 2.30. The van der Waals surface area contributed by atoms with E-state index in [0.717, 1.165) is 18.4 Å². The van der Waals surface area contributed by atoms with E-state index in [-0.39, 0.29) is 30.2 Å². The molecule has 2 atom stereocenters. The number of aryl methyl sites for hydroxylation is 2. The molecular formula is C24H28Cl2N2O3S. The maximum Gasteiger partial charge on any atom is 0.224 e. The number of amides is 1. The Morgan fingerprint density at radius 3 is 2.59 bits per heavy atom. The van der Waals surface area contributed by atoms with Gasteiger partial charge < -0.3 is 5.32 Å². The van der Waals surface area contributed by atoms with Crippen molar-refractivity contribution in [3.8, 4) is 0 Å². The second-order valence-electron chi connectivity index (χ2n) is 8.77. The van der Waals surface area contributed by atoms with Gasteiger partial charge in [-0.25, -0.2) is 12.7 Å². The third-order valence-corrected chi connectivity index (χ3v) is 9.00. The van der Waals surface area contributed by atoms with Gasteiger partial charge >= 0.3 is 0 Å². The highest BCUT2D eigenvalue weighted by atomic mass is 35.5. The van der Waals surface area contributed by atoms with Gasteiger partial charge in [0.1, 0.15) is 0 Å². The molecule has 1 heterocycles. The lowest BCUT2D eigenvalue weighted by atomic mass is 9.97. The van der Waals surface area contributed by atoms with Crippen LogP contribution in [0.2, 0.25) is 10.0 Å². The SMILES string of the molecule is C[C@@H](NC(=O)[C@@H]1CCCN(S(=O)(=O)Cc2c(Cl)cccc2Cl)C1)c1ccc2c(c1)CCC2. The van der Waals surface area contributed by atoms with E-state index in [4.69, 9.17) is 23.2 Å². The van der Waals surface area contributed by atoms with Crippen molar-refractivity contribution < 1.29 is 13.2 Å². The summed E-state index contributed by atoms with van der Waals surface area (Å²) in [7, 11) is -3.65. The quantitative estimate of drug-likeness (QED) is 0.620. The molecule has 2 aromatic carbocycles.